The van der Waals surface area contributed by atoms with Crippen LogP contribution in [0.3, 0.4) is 0 Å². The molecule has 0 fully saturated rings. The fourth-order valence-electron chi connectivity index (χ4n) is 2.74. The number of thiophene rings is 1. The highest BCUT2D eigenvalue weighted by Gasteiger charge is 2.25. The van der Waals surface area contributed by atoms with E-state index >= 15 is 0 Å². The molecule has 7 nitrogen and oxygen atoms in total. The van der Waals surface area contributed by atoms with Gasteiger partial charge in [0, 0.05) is 5.69 Å². The van der Waals surface area contributed by atoms with Gasteiger partial charge in [0.2, 0.25) is 5.88 Å². The highest BCUT2D eigenvalue weighted by Crippen LogP contribution is 2.35. The zero-order chi connectivity index (χ0) is 17.4. The van der Waals surface area contributed by atoms with Gasteiger partial charge in [0.25, 0.3) is 0 Å². The Bertz CT molecular complexity index is 917. The normalized spacial score (nSPS) is 15.9. The van der Waals surface area contributed by atoms with Crippen LogP contribution in [0.15, 0.2) is 63.5 Å². The van der Waals surface area contributed by atoms with Gasteiger partial charge in [0.05, 0.1) is 17.5 Å². The zero-order valence-electron chi connectivity index (χ0n) is 13.1. The van der Waals surface area contributed by atoms with E-state index in [1.165, 1.54) is 16.2 Å². The number of hydrogen-bond acceptors (Lipinski definition) is 6. The van der Waals surface area contributed by atoms with Gasteiger partial charge < -0.3 is 20.8 Å². The van der Waals surface area contributed by atoms with E-state index in [0.717, 1.165) is 16.3 Å². The van der Waals surface area contributed by atoms with Crippen molar-refractivity contribution >= 4 is 46.0 Å². The number of furan rings is 1. The molecule has 25 heavy (non-hydrogen) atoms. The Labute approximate surface area is 147 Å². The molecular weight excluding hydrogens is 338 g/mol. The predicted octanol–water partition coefficient (Wildman–Crippen LogP) is 3.70. The Morgan fingerprint density at radius 3 is 2.72 bits per heavy atom. The molecule has 1 atom stereocenters. The fourth-order valence-corrected chi connectivity index (χ4v) is 3.49. The van der Waals surface area contributed by atoms with E-state index < -0.39 is 6.03 Å². The van der Waals surface area contributed by atoms with E-state index in [-0.39, 0.29) is 6.17 Å². The summed E-state index contributed by atoms with van der Waals surface area (Å²) in [5.74, 6) is 0.526. The molecule has 4 rings (SSSR count). The smallest absolute Gasteiger partial charge is 0.324 e. The van der Waals surface area contributed by atoms with Crippen molar-refractivity contribution in [3.63, 3.8) is 0 Å². The molecule has 0 saturated heterocycles. The topological polar surface area (TPSA) is 101 Å². The van der Waals surface area contributed by atoms with Gasteiger partial charge in [0.1, 0.15) is 17.5 Å². The first kappa shape index (κ1) is 15.4. The third-order valence-electron chi connectivity index (χ3n) is 3.94. The number of anilines is 3. The van der Waals surface area contributed by atoms with Gasteiger partial charge in [-0.25, -0.2) is 9.79 Å². The SMILES string of the molecule is NC(=O)N(c1ccc(N2C=Nc3occc3C2N)cc1)c1cccs1. The first-order chi connectivity index (χ1) is 12.1. The molecule has 1 aromatic carbocycles. The van der Waals surface area contributed by atoms with Gasteiger partial charge >= 0.3 is 6.03 Å². The number of nitrogens with two attached hydrogens (primary N) is 2. The predicted molar refractivity (Wildman–Crippen MR) is 98.8 cm³/mol. The van der Waals surface area contributed by atoms with Crippen LogP contribution >= 0.6 is 11.3 Å². The largest absolute Gasteiger partial charge is 0.446 e. The number of rotatable bonds is 3. The summed E-state index contributed by atoms with van der Waals surface area (Å²) in [5, 5.41) is 2.66. The summed E-state index contributed by atoms with van der Waals surface area (Å²) in [6, 6.07) is 12.4. The first-order valence-electron chi connectivity index (χ1n) is 7.54. The zero-order valence-corrected chi connectivity index (χ0v) is 13.9. The third kappa shape index (κ3) is 2.67. The van der Waals surface area contributed by atoms with Crippen LogP contribution in [-0.4, -0.2) is 12.4 Å². The number of carbonyl (C=O) groups excluding carboxylic acids is 1. The summed E-state index contributed by atoms with van der Waals surface area (Å²) >= 11 is 1.44. The highest BCUT2D eigenvalue weighted by molar-refractivity contribution is 7.14. The Kier molecular flexibility index (Phi) is 3.75. The van der Waals surface area contributed by atoms with Crippen molar-refractivity contribution in [2.45, 2.75) is 6.17 Å². The van der Waals surface area contributed by atoms with Crippen molar-refractivity contribution in [2.24, 2.45) is 16.5 Å². The van der Waals surface area contributed by atoms with E-state index in [9.17, 15) is 4.79 Å². The Morgan fingerprint density at radius 1 is 1.24 bits per heavy atom. The summed E-state index contributed by atoms with van der Waals surface area (Å²) in [7, 11) is 0. The minimum atomic E-state index is -0.533. The molecule has 3 aromatic rings. The lowest BCUT2D eigenvalue weighted by Crippen LogP contribution is -2.35. The summed E-state index contributed by atoms with van der Waals surface area (Å²) < 4.78 is 5.27. The number of benzene rings is 1. The molecule has 2 aromatic heterocycles. The van der Waals surface area contributed by atoms with Crippen molar-refractivity contribution in [3.8, 4) is 0 Å². The molecule has 2 amide bonds. The van der Waals surface area contributed by atoms with Crippen LogP contribution in [0.1, 0.15) is 11.7 Å². The van der Waals surface area contributed by atoms with E-state index in [4.69, 9.17) is 15.9 Å². The summed E-state index contributed by atoms with van der Waals surface area (Å²) in [6.45, 7) is 0. The van der Waals surface area contributed by atoms with Gasteiger partial charge in [-0.2, -0.15) is 0 Å². The van der Waals surface area contributed by atoms with Crippen LogP contribution in [-0.2, 0) is 0 Å². The van der Waals surface area contributed by atoms with E-state index in [2.05, 4.69) is 4.99 Å². The second kappa shape index (κ2) is 6.08. The first-order valence-corrected chi connectivity index (χ1v) is 8.42. The molecule has 1 aliphatic rings. The molecule has 0 spiro atoms. The van der Waals surface area contributed by atoms with Gasteiger partial charge in [-0.15, -0.1) is 11.3 Å². The minimum absolute atomic E-state index is 0.387. The number of primary amides is 1. The molecule has 126 valence electrons. The lowest BCUT2D eigenvalue weighted by Gasteiger charge is -2.29. The molecule has 0 aliphatic carbocycles. The summed E-state index contributed by atoms with van der Waals surface area (Å²) in [6.07, 6.45) is 2.82. The number of carbonyl (C=O) groups is 1. The van der Waals surface area contributed by atoms with Crippen molar-refractivity contribution in [1.29, 1.82) is 0 Å². The summed E-state index contributed by atoms with van der Waals surface area (Å²) in [5.41, 5.74) is 14.2. The summed E-state index contributed by atoms with van der Waals surface area (Å²) in [4.78, 5) is 19.4. The van der Waals surface area contributed by atoms with Crippen LogP contribution in [0.5, 0.6) is 0 Å². The van der Waals surface area contributed by atoms with E-state index in [1.807, 2.05) is 52.7 Å². The molecular formula is C17H15N5O2S. The molecule has 0 radical (unpaired) electrons. The maximum atomic E-state index is 11.8. The third-order valence-corrected chi connectivity index (χ3v) is 4.80. The number of fused-ring (bicyclic) bond motifs is 1. The lowest BCUT2D eigenvalue weighted by atomic mass is 10.1. The van der Waals surface area contributed by atoms with E-state index in [0.29, 0.717) is 11.6 Å². The molecule has 0 bridgehead atoms. The standard InChI is InChI=1S/C17H15N5O2S/c18-15-13-7-8-24-16(13)20-10-21(15)11-3-5-12(6-4-11)22(17(19)23)14-2-1-9-25-14/h1-10,15H,18H2,(H2,19,23). The molecule has 1 aliphatic heterocycles. The average molecular weight is 353 g/mol. The quantitative estimate of drug-likeness (QED) is 0.749. The number of nitrogens with zero attached hydrogens (tertiary/aromatic N) is 3. The molecule has 3 heterocycles. The minimum Gasteiger partial charge on any atom is -0.446 e. The second-order valence-electron chi connectivity index (χ2n) is 5.42. The van der Waals surface area contributed by atoms with Gasteiger partial charge in [-0.05, 0) is 47.8 Å². The van der Waals surface area contributed by atoms with Crippen molar-refractivity contribution in [1.82, 2.24) is 0 Å². The maximum Gasteiger partial charge on any atom is 0.324 e. The number of hydrogen-bond donors (Lipinski definition) is 2. The van der Waals surface area contributed by atoms with Crippen LogP contribution in [0.2, 0.25) is 0 Å². The number of aliphatic imine (C=N–C) groups is 1. The Morgan fingerprint density at radius 2 is 2.04 bits per heavy atom. The van der Waals surface area contributed by atoms with Gasteiger partial charge in [-0.1, -0.05) is 0 Å². The molecule has 8 heteroatoms. The molecule has 4 N–H and O–H groups in total. The highest BCUT2D eigenvalue weighted by atomic mass is 32.1. The van der Waals surface area contributed by atoms with Crippen LogP contribution in [0.25, 0.3) is 0 Å². The van der Waals surface area contributed by atoms with Gasteiger partial charge in [-0.3, -0.25) is 4.90 Å². The number of urea groups is 1. The number of amides is 2. The molecule has 0 saturated carbocycles. The van der Waals surface area contributed by atoms with Crippen LogP contribution < -0.4 is 21.3 Å². The molecule has 1 unspecified atom stereocenters. The maximum absolute atomic E-state index is 11.8. The van der Waals surface area contributed by atoms with Crippen LogP contribution in [0.4, 0.5) is 27.1 Å². The van der Waals surface area contributed by atoms with Crippen molar-refractivity contribution in [2.75, 3.05) is 9.80 Å². The van der Waals surface area contributed by atoms with Crippen LogP contribution in [0, 0.1) is 0 Å². The van der Waals surface area contributed by atoms with Crippen molar-refractivity contribution < 1.29 is 9.21 Å². The second-order valence-corrected chi connectivity index (χ2v) is 6.35. The fraction of sp³-hybridized carbons (Fsp3) is 0.0588. The lowest BCUT2D eigenvalue weighted by molar-refractivity contribution is 0.256. The Hall–Kier alpha value is -3.10. The van der Waals surface area contributed by atoms with E-state index in [1.54, 1.807) is 12.6 Å². The Balaban J connectivity index is 1.63. The van der Waals surface area contributed by atoms with Gasteiger partial charge in [0.15, 0.2) is 0 Å². The average Bonchev–Trinajstić information content (AvgIpc) is 3.28. The monoisotopic (exact) mass is 353 g/mol. The van der Waals surface area contributed by atoms with Crippen molar-refractivity contribution in [3.05, 3.63) is 59.7 Å².